The van der Waals surface area contributed by atoms with Gasteiger partial charge in [0, 0.05) is 137 Å². The van der Waals surface area contributed by atoms with Crippen molar-refractivity contribution in [2.75, 3.05) is 0 Å². The average Bonchev–Trinajstić information content (AvgIpc) is 0.741. The average molecular weight is 1970 g/mol. The molecule has 6 unspecified atom stereocenters. The van der Waals surface area contributed by atoms with Crippen LogP contribution in [-0.4, -0.2) is 102 Å². The van der Waals surface area contributed by atoms with Gasteiger partial charge < -0.3 is 28.4 Å². The molecule has 16 aromatic rings. The van der Waals surface area contributed by atoms with Gasteiger partial charge in [-0.25, -0.2) is 0 Å². The number of hydrogen-bond donors (Lipinski definition) is 0. The molecule has 6 aliphatic heterocycles. The molecular formula is C136H160N6O6+6. The highest BCUT2D eigenvalue weighted by molar-refractivity contribution is 6.14. The third-order valence-corrected chi connectivity index (χ3v) is 24.0. The highest BCUT2D eigenvalue weighted by Crippen LogP contribution is 2.45. The first-order chi connectivity index (χ1) is 71.8. The van der Waals surface area contributed by atoms with Gasteiger partial charge in [0.15, 0.2) is 37.3 Å². The highest BCUT2D eigenvalue weighted by Gasteiger charge is 2.36. The molecule has 0 fully saturated rings. The summed E-state index contributed by atoms with van der Waals surface area (Å²) in [4.78, 5) is 0. The summed E-state index contributed by atoms with van der Waals surface area (Å²) in [5, 5.41) is 4.98. The fourth-order valence-corrected chi connectivity index (χ4v) is 17.4. The number of benzene rings is 16. The van der Waals surface area contributed by atoms with Gasteiger partial charge in [-0.05, 0) is 105 Å². The molecule has 0 aromatic heterocycles. The number of para-hydroxylation sites is 12. The van der Waals surface area contributed by atoms with Gasteiger partial charge in [-0.2, -0.15) is 27.5 Å². The van der Waals surface area contributed by atoms with E-state index in [-0.39, 0.29) is 42.8 Å². The van der Waals surface area contributed by atoms with E-state index in [0.29, 0.717) is 5.92 Å². The largest absolute Gasteiger partial charge is 0.433 e. The number of aryl methyl sites for hydroxylation is 1. The van der Waals surface area contributed by atoms with Crippen molar-refractivity contribution in [3.05, 3.63) is 432 Å². The molecule has 6 atom stereocenters. The van der Waals surface area contributed by atoms with Gasteiger partial charge in [-0.1, -0.05) is 417 Å². The number of rotatable bonds is 9. The van der Waals surface area contributed by atoms with Crippen molar-refractivity contribution in [1.82, 2.24) is 0 Å². The second-order valence-corrected chi connectivity index (χ2v) is 38.7. The minimum atomic E-state index is -0.0997. The van der Waals surface area contributed by atoms with Gasteiger partial charge in [0.05, 0.1) is 33.4 Å². The van der Waals surface area contributed by atoms with Gasteiger partial charge in [0.25, 0.3) is 37.4 Å². The third kappa shape index (κ3) is 30.3. The van der Waals surface area contributed by atoms with Crippen molar-refractivity contribution in [3.63, 3.8) is 0 Å². The summed E-state index contributed by atoms with van der Waals surface area (Å²) in [6.07, 6.45) is 20.4. The normalized spacial score (nSPS) is 15.5. The van der Waals surface area contributed by atoms with Gasteiger partial charge >= 0.3 is 0 Å². The summed E-state index contributed by atoms with van der Waals surface area (Å²) < 4.78 is 50.2. The maximum atomic E-state index is 6.58. The molecular weight excluding hydrogens is 1810 g/mol. The lowest BCUT2D eigenvalue weighted by Crippen LogP contribution is -2.32. The standard InChI is InChI=1S/C29H22NO.C21H18NO.C19H22NO.C18H20NO.C16H16NO.C15H14NO.6C3H8/c1-20-30(24-13-3-2-4-14-24)19-23-12-9-17-27(29(23)31-20)28-25-15-7-5-10-21(25)18-22-11-6-8-16-26(22)28;1-16-22(19-12-6-3-7-13-19)15-18-11-8-14-20(21(18)23-16)17-9-4-2-5-10-17;1-14-20(16-10-6-5-7-11-16)13-15-9-8-12-17(18(15)21-14)19(2,3)4;1-13(2)17-11-7-8-15-12-19(14(3)20-18(15)17)16-9-5-4-6-10-16;1-12-7-6-8-14-11-17(13(2)18-16(12)14)15-9-4-3-5-10-15;1-12-16(14-8-3-2-4-9-14)11-13-7-5-6-10-15(13)17-12;6*1-3-2/h2-20H,1H3;2-16H,1H3;5-14H,1-4H3;4-14H,1-3H3;3-11,13H,1-2H3;2-12H,1H3;6*3H2,1-2H3/q6*+1;;;;;;. The van der Waals surface area contributed by atoms with Crippen LogP contribution in [0.25, 0.3) is 43.8 Å². The monoisotopic (exact) mass is 1970 g/mol. The molecule has 22 rings (SSSR count). The van der Waals surface area contributed by atoms with Crippen molar-refractivity contribution >= 4 is 93.0 Å². The quantitative estimate of drug-likeness (QED) is 0.106. The summed E-state index contributed by atoms with van der Waals surface area (Å²) in [6.45, 7) is 51.1. The number of hydrogen-bond acceptors (Lipinski definition) is 6. The predicted molar refractivity (Wildman–Crippen MR) is 628 cm³/mol. The second-order valence-electron chi connectivity index (χ2n) is 38.7. The van der Waals surface area contributed by atoms with Crippen LogP contribution in [0.5, 0.6) is 34.5 Å². The summed E-state index contributed by atoms with van der Waals surface area (Å²) in [5.74, 6) is 6.37. The van der Waals surface area contributed by atoms with Crippen molar-refractivity contribution in [2.24, 2.45) is 0 Å². The smallest absolute Gasteiger partial charge is 0.299 e. The van der Waals surface area contributed by atoms with Crippen molar-refractivity contribution in [2.45, 2.75) is 253 Å². The number of nitrogens with zero attached hydrogens (tertiary/aromatic N) is 6. The zero-order valence-corrected chi connectivity index (χ0v) is 92.3. The van der Waals surface area contributed by atoms with Crippen LogP contribution in [0.3, 0.4) is 0 Å². The molecule has 0 N–H and O–H groups in total. The first kappa shape index (κ1) is 113. The minimum Gasteiger partial charge on any atom is -0.433 e. The molecule has 0 spiro atoms. The van der Waals surface area contributed by atoms with Crippen LogP contribution >= 0.6 is 0 Å². The maximum Gasteiger partial charge on any atom is 0.299 e. The minimum absolute atomic E-state index is 0.00444. The highest BCUT2D eigenvalue weighted by atomic mass is 16.5. The molecule has 0 saturated heterocycles. The Hall–Kier alpha value is -15.1. The molecule has 0 bridgehead atoms. The van der Waals surface area contributed by atoms with Crippen molar-refractivity contribution in [3.8, 4) is 56.8 Å². The SMILES string of the molecule is CC(C)c1cccc2c1OC(C)[N+](c1ccccc1)=C2.CC1Oc2c(cccc2-c2c3ccccc3cc3ccccc23)C=[N+]1c1ccccc1.CC1Oc2c(cccc2-c2ccccc2)C=[N+]1c1ccccc1.CC1Oc2c(cccc2C(C)(C)C)C=[N+]1c1ccccc1.CC1Oc2ccccc2C=[N+]1c1ccccc1.CCC.CCC.CCC.CCC.CCC.CCC.Cc1cccc2c1OC(C)[N+](c1ccccc1)=C2. The van der Waals surface area contributed by atoms with E-state index >= 15 is 0 Å². The zero-order chi connectivity index (χ0) is 106. The van der Waals surface area contributed by atoms with Gasteiger partial charge in [0.1, 0.15) is 34.5 Å². The van der Waals surface area contributed by atoms with E-state index in [0.717, 1.165) is 113 Å². The van der Waals surface area contributed by atoms with Crippen LogP contribution in [0, 0.1) is 6.92 Å². The van der Waals surface area contributed by atoms with Gasteiger partial charge in [-0.3, -0.25) is 0 Å². The summed E-state index contributed by atoms with van der Waals surface area (Å²) in [5.41, 5.74) is 22.1. The van der Waals surface area contributed by atoms with Crippen molar-refractivity contribution < 1.29 is 55.9 Å². The fraction of sp³-hybridized carbons (Fsp3) is 0.279. The molecule has 148 heavy (non-hydrogen) atoms. The van der Waals surface area contributed by atoms with E-state index in [1.807, 2.05) is 97.1 Å². The fourth-order valence-electron chi connectivity index (χ4n) is 17.4. The molecule has 6 aliphatic rings. The van der Waals surface area contributed by atoms with E-state index in [1.54, 1.807) is 0 Å². The Morgan fingerprint density at radius 2 is 0.500 bits per heavy atom. The molecule has 0 aliphatic carbocycles. The Kier molecular flexibility index (Phi) is 44.1. The van der Waals surface area contributed by atoms with Gasteiger partial charge in [0.2, 0.25) is 34.1 Å². The lowest BCUT2D eigenvalue weighted by Gasteiger charge is -2.27. The Morgan fingerprint density at radius 3 is 0.872 bits per heavy atom. The molecule has 16 aromatic carbocycles. The Bertz CT molecular complexity index is 6960. The Morgan fingerprint density at radius 1 is 0.243 bits per heavy atom. The molecule has 0 saturated carbocycles. The van der Waals surface area contributed by atoms with E-state index in [4.69, 9.17) is 28.4 Å². The summed E-state index contributed by atoms with van der Waals surface area (Å²) >= 11 is 0. The lowest BCUT2D eigenvalue weighted by molar-refractivity contribution is -0.522. The first-order valence-corrected chi connectivity index (χ1v) is 53.6. The molecule has 12 heteroatoms. The number of ether oxygens (including phenoxy) is 6. The molecule has 764 valence electrons. The van der Waals surface area contributed by atoms with Crippen LogP contribution in [0.1, 0.15) is 254 Å². The van der Waals surface area contributed by atoms with E-state index in [9.17, 15) is 0 Å². The van der Waals surface area contributed by atoms with Crippen LogP contribution in [0.2, 0.25) is 0 Å². The van der Waals surface area contributed by atoms with Crippen LogP contribution in [0.4, 0.5) is 34.1 Å². The Balaban J connectivity index is 0.000000165. The first-order valence-electron chi connectivity index (χ1n) is 53.6. The second kappa shape index (κ2) is 57.7. The number of fused-ring (bicyclic) bond motifs is 8. The summed E-state index contributed by atoms with van der Waals surface area (Å²) in [6, 6.07) is 132. The molecule has 0 radical (unpaired) electrons. The topological polar surface area (TPSA) is 73.4 Å². The van der Waals surface area contributed by atoms with Gasteiger partial charge in [-0.15, -0.1) is 0 Å². The molecule has 6 heterocycles. The zero-order valence-electron chi connectivity index (χ0n) is 92.3. The van der Waals surface area contributed by atoms with E-state index in [1.165, 1.54) is 87.9 Å². The van der Waals surface area contributed by atoms with E-state index < -0.39 is 0 Å². The lowest BCUT2D eigenvalue weighted by atomic mass is 9.85. The summed E-state index contributed by atoms with van der Waals surface area (Å²) in [7, 11) is 0. The maximum absolute atomic E-state index is 6.58. The van der Waals surface area contributed by atoms with Crippen LogP contribution < -0.4 is 28.4 Å². The van der Waals surface area contributed by atoms with Crippen LogP contribution in [-0.2, 0) is 5.41 Å². The van der Waals surface area contributed by atoms with Crippen molar-refractivity contribution in [1.29, 1.82) is 0 Å². The Labute approximate surface area is 885 Å². The predicted octanol–water partition coefficient (Wildman–Crippen LogP) is 36.0. The molecule has 0 amide bonds. The third-order valence-electron chi connectivity index (χ3n) is 24.0. The van der Waals surface area contributed by atoms with Crippen LogP contribution in [0.15, 0.2) is 382 Å². The molecule has 12 nitrogen and oxygen atoms in total. The van der Waals surface area contributed by atoms with E-state index in [2.05, 4.69) is 516 Å².